The van der Waals surface area contributed by atoms with Gasteiger partial charge in [0.2, 0.25) is 11.8 Å². The number of imide groups is 1. The van der Waals surface area contributed by atoms with Crippen molar-refractivity contribution in [3.63, 3.8) is 0 Å². The van der Waals surface area contributed by atoms with Crippen molar-refractivity contribution in [2.45, 2.75) is 50.5 Å². The van der Waals surface area contributed by atoms with Crippen molar-refractivity contribution in [2.24, 2.45) is 0 Å². The lowest BCUT2D eigenvalue weighted by Gasteiger charge is -2.49. The van der Waals surface area contributed by atoms with E-state index in [1.807, 2.05) is 4.90 Å². The van der Waals surface area contributed by atoms with Gasteiger partial charge in [0.25, 0.3) is 0 Å². The average molecular weight is 337 g/mol. The van der Waals surface area contributed by atoms with E-state index in [1.165, 1.54) is 16.2 Å². The summed E-state index contributed by atoms with van der Waals surface area (Å²) in [5.74, 6) is -0.0438. The number of amides is 4. The third-order valence-corrected chi connectivity index (χ3v) is 5.49. The van der Waals surface area contributed by atoms with Crippen molar-refractivity contribution in [2.75, 3.05) is 39.9 Å². The van der Waals surface area contributed by atoms with Crippen LogP contribution < -0.4 is 0 Å². The van der Waals surface area contributed by atoms with Crippen LogP contribution in [0.3, 0.4) is 0 Å². The fraction of sp³-hybridized carbons (Fsp3) is 0.824. The maximum Gasteiger partial charge on any atom is 0.326 e. The van der Waals surface area contributed by atoms with E-state index in [9.17, 15) is 14.4 Å². The summed E-state index contributed by atoms with van der Waals surface area (Å²) in [6.45, 7) is 2.36. The molecule has 2 aliphatic heterocycles. The first-order valence-corrected chi connectivity index (χ1v) is 8.97. The van der Waals surface area contributed by atoms with Gasteiger partial charge < -0.3 is 14.5 Å². The minimum Gasteiger partial charge on any atom is -0.377 e. The van der Waals surface area contributed by atoms with Crippen LogP contribution in [-0.2, 0) is 14.3 Å². The van der Waals surface area contributed by atoms with Crippen LogP contribution in [0.1, 0.15) is 44.9 Å². The van der Waals surface area contributed by atoms with Crippen LogP contribution in [0.15, 0.2) is 0 Å². The van der Waals surface area contributed by atoms with Gasteiger partial charge in [-0.2, -0.15) is 0 Å². The highest BCUT2D eigenvalue weighted by molar-refractivity contribution is 6.01. The quantitative estimate of drug-likeness (QED) is 0.723. The Morgan fingerprint density at radius 3 is 2.62 bits per heavy atom. The van der Waals surface area contributed by atoms with E-state index in [4.69, 9.17) is 4.74 Å². The fourth-order valence-corrected chi connectivity index (χ4v) is 4.16. The van der Waals surface area contributed by atoms with Gasteiger partial charge in [0.15, 0.2) is 0 Å². The first-order chi connectivity index (χ1) is 11.5. The summed E-state index contributed by atoms with van der Waals surface area (Å²) in [4.78, 5) is 41.0. The highest BCUT2D eigenvalue weighted by Gasteiger charge is 2.42. The number of hydrogen-bond donors (Lipinski definition) is 0. The fourth-order valence-electron chi connectivity index (χ4n) is 4.16. The minimum absolute atomic E-state index is 0.118. The Labute approximate surface area is 142 Å². The monoisotopic (exact) mass is 337 g/mol. The Morgan fingerprint density at radius 2 is 1.96 bits per heavy atom. The summed E-state index contributed by atoms with van der Waals surface area (Å²) in [6, 6.07) is -0.262. The topological polar surface area (TPSA) is 70.2 Å². The van der Waals surface area contributed by atoms with Gasteiger partial charge in [-0.1, -0.05) is 19.3 Å². The van der Waals surface area contributed by atoms with Gasteiger partial charge in [-0.25, -0.2) is 4.79 Å². The molecule has 1 spiro atoms. The zero-order valence-electron chi connectivity index (χ0n) is 14.5. The van der Waals surface area contributed by atoms with Crippen LogP contribution in [0.2, 0.25) is 0 Å². The first kappa shape index (κ1) is 17.2. The van der Waals surface area contributed by atoms with Gasteiger partial charge in [-0.05, 0) is 19.3 Å². The predicted molar refractivity (Wildman–Crippen MR) is 87.3 cm³/mol. The molecule has 134 valence electrons. The second kappa shape index (κ2) is 7.09. The number of morpholine rings is 1. The molecule has 24 heavy (non-hydrogen) atoms. The molecule has 0 bridgehead atoms. The summed E-state index contributed by atoms with van der Waals surface area (Å²) in [5.41, 5.74) is -0.118. The van der Waals surface area contributed by atoms with E-state index in [0.29, 0.717) is 39.1 Å². The molecule has 0 aromatic carbocycles. The third kappa shape index (κ3) is 3.27. The molecule has 3 aliphatic rings. The molecule has 0 unspecified atom stereocenters. The molecule has 0 N–H and O–H groups in total. The number of rotatable bonds is 4. The number of carbonyl (C=O) groups is 3. The molecule has 7 heteroatoms. The molecule has 7 nitrogen and oxygen atoms in total. The smallest absolute Gasteiger partial charge is 0.326 e. The summed E-state index contributed by atoms with van der Waals surface area (Å²) >= 11 is 0. The molecule has 1 saturated carbocycles. The maximum atomic E-state index is 12.7. The molecule has 2 saturated heterocycles. The van der Waals surface area contributed by atoms with Crippen molar-refractivity contribution < 1.29 is 19.1 Å². The number of carbonyl (C=O) groups excluding carboxylic acids is 3. The second-order valence-electron chi connectivity index (χ2n) is 7.17. The first-order valence-electron chi connectivity index (χ1n) is 8.97. The number of ether oxygens (including phenoxy) is 1. The molecule has 4 amide bonds. The van der Waals surface area contributed by atoms with E-state index in [1.54, 1.807) is 7.05 Å². The molecule has 0 atom stereocenters. The van der Waals surface area contributed by atoms with Gasteiger partial charge >= 0.3 is 6.03 Å². The van der Waals surface area contributed by atoms with Gasteiger partial charge in [-0.15, -0.1) is 0 Å². The summed E-state index contributed by atoms with van der Waals surface area (Å²) in [7, 11) is 1.62. The Bertz CT molecular complexity index is 508. The van der Waals surface area contributed by atoms with Crippen LogP contribution in [-0.4, -0.2) is 78.0 Å². The van der Waals surface area contributed by atoms with Crippen molar-refractivity contribution in [1.29, 1.82) is 0 Å². The second-order valence-corrected chi connectivity index (χ2v) is 7.17. The molecule has 0 radical (unpaired) electrons. The summed E-state index contributed by atoms with van der Waals surface area (Å²) in [6.07, 6.45) is 6.47. The minimum atomic E-state index is -0.262. The van der Waals surface area contributed by atoms with E-state index in [2.05, 4.69) is 0 Å². The number of hydrogen-bond acceptors (Lipinski definition) is 4. The molecule has 0 aromatic rings. The molecule has 2 heterocycles. The van der Waals surface area contributed by atoms with Gasteiger partial charge in [0.1, 0.15) is 6.54 Å². The highest BCUT2D eigenvalue weighted by Crippen LogP contribution is 2.36. The van der Waals surface area contributed by atoms with Gasteiger partial charge in [0, 0.05) is 26.6 Å². The van der Waals surface area contributed by atoms with Crippen LogP contribution in [0.5, 0.6) is 0 Å². The van der Waals surface area contributed by atoms with E-state index in [0.717, 1.165) is 25.7 Å². The number of urea groups is 1. The van der Waals surface area contributed by atoms with Crippen molar-refractivity contribution in [3.05, 3.63) is 0 Å². The standard InChI is InChI=1S/C17H27N3O4/c1-18-12-15(22)19(16(18)23)9-5-6-14(21)20-10-11-24-13-17(20)7-3-2-4-8-17/h2-13H2,1H3. The molecule has 0 aromatic heterocycles. The number of nitrogens with zero attached hydrogens (tertiary/aromatic N) is 3. The van der Waals surface area contributed by atoms with Gasteiger partial charge in [-0.3, -0.25) is 14.5 Å². The molecular weight excluding hydrogens is 310 g/mol. The predicted octanol–water partition coefficient (Wildman–Crippen LogP) is 1.22. The van der Waals surface area contributed by atoms with Crippen LogP contribution in [0.25, 0.3) is 0 Å². The van der Waals surface area contributed by atoms with Crippen molar-refractivity contribution >= 4 is 17.8 Å². The normalized spacial score (nSPS) is 24.1. The number of likely N-dealkylation sites (N-methyl/N-ethyl adjacent to an activating group) is 1. The zero-order valence-corrected chi connectivity index (χ0v) is 14.5. The molecule has 1 aliphatic carbocycles. The lowest BCUT2D eigenvalue weighted by Crippen LogP contribution is -2.59. The van der Waals surface area contributed by atoms with Crippen LogP contribution >= 0.6 is 0 Å². The summed E-state index contributed by atoms with van der Waals surface area (Å²) in [5, 5.41) is 0. The Morgan fingerprint density at radius 1 is 1.21 bits per heavy atom. The molecule has 3 fully saturated rings. The van der Waals surface area contributed by atoms with Crippen LogP contribution in [0, 0.1) is 0 Å². The SMILES string of the molecule is CN1CC(=O)N(CCCC(=O)N2CCOCC23CCCCC3)C1=O. The lowest BCUT2D eigenvalue weighted by molar-refractivity contribution is -0.153. The Kier molecular flexibility index (Phi) is 5.08. The van der Waals surface area contributed by atoms with E-state index >= 15 is 0 Å². The van der Waals surface area contributed by atoms with Crippen molar-refractivity contribution in [1.82, 2.24) is 14.7 Å². The van der Waals surface area contributed by atoms with E-state index in [-0.39, 0.29) is 29.9 Å². The van der Waals surface area contributed by atoms with Crippen LogP contribution in [0.4, 0.5) is 4.79 Å². The average Bonchev–Trinajstić information content (AvgIpc) is 2.82. The Balaban J connectivity index is 1.54. The van der Waals surface area contributed by atoms with E-state index < -0.39 is 0 Å². The molecular formula is C17H27N3O4. The molecule has 3 rings (SSSR count). The Hall–Kier alpha value is -1.63. The van der Waals surface area contributed by atoms with Crippen molar-refractivity contribution in [3.8, 4) is 0 Å². The summed E-state index contributed by atoms with van der Waals surface area (Å²) < 4.78 is 5.67. The van der Waals surface area contributed by atoms with Gasteiger partial charge in [0.05, 0.1) is 18.8 Å². The largest absolute Gasteiger partial charge is 0.377 e. The zero-order chi connectivity index (χ0) is 17.2. The third-order valence-electron chi connectivity index (χ3n) is 5.49. The lowest BCUT2D eigenvalue weighted by atomic mass is 9.80. The maximum absolute atomic E-state index is 12.7. The highest BCUT2D eigenvalue weighted by atomic mass is 16.5.